The Morgan fingerprint density at radius 2 is 1.91 bits per heavy atom. The SMILES string of the molecule is CC.CCN=C1N/C(=C\c2ccc(-n3cnc(C)c3)c(OC)c2)C(=O)N1Cc1ccc(F)cc1. The van der Waals surface area contributed by atoms with Gasteiger partial charge in [0.15, 0.2) is 0 Å². The number of halogens is 1. The van der Waals surface area contributed by atoms with E-state index in [1.54, 1.807) is 36.5 Å². The topological polar surface area (TPSA) is 71.7 Å². The van der Waals surface area contributed by atoms with Crippen molar-refractivity contribution < 1.29 is 13.9 Å². The van der Waals surface area contributed by atoms with E-state index in [0.717, 1.165) is 22.5 Å². The number of nitrogens with one attached hydrogen (secondary N) is 1. The zero-order valence-electron chi connectivity index (χ0n) is 20.2. The summed E-state index contributed by atoms with van der Waals surface area (Å²) in [6.45, 7) is 8.64. The number of aryl methyl sites for hydroxylation is 1. The maximum absolute atomic E-state index is 13.2. The first-order valence-electron chi connectivity index (χ1n) is 11.3. The Labute approximate surface area is 199 Å². The Hall–Kier alpha value is -3.94. The summed E-state index contributed by atoms with van der Waals surface area (Å²) in [5.74, 6) is 0.624. The van der Waals surface area contributed by atoms with Crippen molar-refractivity contribution in [2.75, 3.05) is 13.7 Å². The summed E-state index contributed by atoms with van der Waals surface area (Å²) in [5, 5.41) is 3.12. The second-order valence-electron chi connectivity index (χ2n) is 7.35. The number of benzene rings is 2. The van der Waals surface area contributed by atoms with Gasteiger partial charge in [0.25, 0.3) is 5.91 Å². The molecule has 1 amide bonds. The van der Waals surface area contributed by atoms with E-state index in [1.165, 1.54) is 12.1 Å². The molecule has 1 fully saturated rings. The molecule has 0 aliphatic carbocycles. The molecule has 1 saturated heterocycles. The van der Waals surface area contributed by atoms with Gasteiger partial charge in [-0.3, -0.25) is 14.7 Å². The smallest absolute Gasteiger partial charge is 0.277 e. The molecule has 7 nitrogen and oxygen atoms in total. The molecule has 2 heterocycles. The van der Waals surface area contributed by atoms with Gasteiger partial charge in [0.2, 0.25) is 5.96 Å². The van der Waals surface area contributed by atoms with Gasteiger partial charge < -0.3 is 14.6 Å². The van der Waals surface area contributed by atoms with Gasteiger partial charge in [-0.15, -0.1) is 0 Å². The molecule has 1 aliphatic heterocycles. The highest BCUT2D eigenvalue weighted by atomic mass is 19.1. The fourth-order valence-electron chi connectivity index (χ4n) is 3.49. The highest BCUT2D eigenvalue weighted by molar-refractivity contribution is 6.15. The van der Waals surface area contributed by atoms with E-state index in [2.05, 4.69) is 15.3 Å². The molecule has 0 spiro atoms. The van der Waals surface area contributed by atoms with Crippen LogP contribution in [-0.4, -0.2) is 40.0 Å². The van der Waals surface area contributed by atoms with E-state index < -0.39 is 0 Å². The molecule has 0 unspecified atom stereocenters. The van der Waals surface area contributed by atoms with Gasteiger partial charge in [0.05, 0.1) is 31.4 Å². The minimum atomic E-state index is -0.314. The van der Waals surface area contributed by atoms with Gasteiger partial charge in [0, 0.05) is 12.7 Å². The van der Waals surface area contributed by atoms with Crippen LogP contribution >= 0.6 is 0 Å². The van der Waals surface area contributed by atoms with E-state index in [1.807, 2.05) is 56.7 Å². The third-order valence-electron chi connectivity index (χ3n) is 5.04. The van der Waals surface area contributed by atoms with Gasteiger partial charge in [-0.2, -0.15) is 0 Å². The summed E-state index contributed by atoms with van der Waals surface area (Å²) in [5.41, 5.74) is 3.79. The molecular formula is C26H30FN5O2. The predicted molar refractivity (Wildman–Crippen MR) is 132 cm³/mol. The molecule has 1 N–H and O–H groups in total. The van der Waals surface area contributed by atoms with Crippen LogP contribution in [0.2, 0.25) is 0 Å². The molecule has 34 heavy (non-hydrogen) atoms. The lowest BCUT2D eigenvalue weighted by atomic mass is 10.1. The van der Waals surface area contributed by atoms with Crippen LogP contribution in [0.15, 0.2) is 65.7 Å². The number of hydrogen-bond donors (Lipinski definition) is 1. The van der Waals surface area contributed by atoms with Crippen molar-refractivity contribution in [2.45, 2.75) is 34.2 Å². The van der Waals surface area contributed by atoms with Crippen molar-refractivity contribution in [1.82, 2.24) is 19.8 Å². The molecule has 0 bridgehead atoms. The quantitative estimate of drug-likeness (QED) is 0.538. The monoisotopic (exact) mass is 463 g/mol. The van der Waals surface area contributed by atoms with E-state index >= 15 is 0 Å². The molecule has 0 radical (unpaired) electrons. The Bertz CT molecular complexity index is 1200. The number of hydrogen-bond acceptors (Lipinski definition) is 4. The highest BCUT2D eigenvalue weighted by Gasteiger charge is 2.31. The lowest BCUT2D eigenvalue weighted by Gasteiger charge is -2.15. The summed E-state index contributed by atoms with van der Waals surface area (Å²) >= 11 is 0. The van der Waals surface area contributed by atoms with Crippen LogP contribution in [0.3, 0.4) is 0 Å². The number of nitrogens with zero attached hydrogens (tertiary/aromatic N) is 4. The zero-order chi connectivity index (χ0) is 24.7. The van der Waals surface area contributed by atoms with Gasteiger partial charge in [0.1, 0.15) is 17.3 Å². The van der Waals surface area contributed by atoms with Crippen molar-refractivity contribution >= 4 is 17.9 Å². The second-order valence-corrected chi connectivity index (χ2v) is 7.35. The molecule has 3 aromatic rings. The normalized spacial score (nSPS) is 15.4. The predicted octanol–water partition coefficient (Wildman–Crippen LogP) is 4.70. The molecule has 4 rings (SSSR count). The number of rotatable bonds is 6. The van der Waals surface area contributed by atoms with Crippen LogP contribution in [0.5, 0.6) is 5.75 Å². The fourth-order valence-corrected chi connectivity index (χ4v) is 3.49. The average molecular weight is 464 g/mol. The van der Waals surface area contributed by atoms with Crippen LogP contribution in [-0.2, 0) is 11.3 Å². The molecule has 2 aromatic carbocycles. The molecule has 0 saturated carbocycles. The van der Waals surface area contributed by atoms with Crippen molar-refractivity contribution in [2.24, 2.45) is 4.99 Å². The Kier molecular flexibility index (Phi) is 8.19. The van der Waals surface area contributed by atoms with Crippen LogP contribution in [0.1, 0.15) is 37.6 Å². The van der Waals surface area contributed by atoms with Gasteiger partial charge in [-0.25, -0.2) is 9.37 Å². The molecule has 0 atom stereocenters. The van der Waals surface area contributed by atoms with Crippen molar-refractivity contribution in [3.63, 3.8) is 0 Å². The number of imidazole rings is 1. The van der Waals surface area contributed by atoms with Crippen LogP contribution in [0.4, 0.5) is 4.39 Å². The first-order valence-corrected chi connectivity index (χ1v) is 11.3. The number of carbonyl (C=O) groups excluding carboxylic acids is 1. The maximum Gasteiger partial charge on any atom is 0.277 e. The first-order chi connectivity index (χ1) is 16.5. The third-order valence-corrected chi connectivity index (χ3v) is 5.04. The Balaban J connectivity index is 0.00000158. The molecular weight excluding hydrogens is 433 g/mol. The number of carbonyl (C=O) groups is 1. The van der Waals surface area contributed by atoms with Gasteiger partial charge in [-0.1, -0.05) is 32.0 Å². The first kappa shape index (κ1) is 24.7. The molecule has 8 heteroatoms. The largest absolute Gasteiger partial charge is 0.495 e. The number of aliphatic imine (C=N–C) groups is 1. The van der Waals surface area contributed by atoms with E-state index in [-0.39, 0.29) is 11.7 Å². The minimum absolute atomic E-state index is 0.199. The third kappa shape index (κ3) is 5.51. The fraction of sp³-hybridized carbons (Fsp3) is 0.269. The second kappa shape index (κ2) is 11.3. The van der Waals surface area contributed by atoms with Crippen LogP contribution < -0.4 is 10.1 Å². The van der Waals surface area contributed by atoms with Crippen LogP contribution in [0.25, 0.3) is 11.8 Å². The van der Waals surface area contributed by atoms with Crippen molar-refractivity contribution in [3.8, 4) is 11.4 Å². The number of methoxy groups -OCH3 is 1. The average Bonchev–Trinajstić information content (AvgIpc) is 3.40. The number of ether oxygens (including phenoxy) is 1. The molecule has 1 aromatic heterocycles. The van der Waals surface area contributed by atoms with E-state index in [4.69, 9.17) is 4.74 Å². The summed E-state index contributed by atoms with van der Waals surface area (Å²) in [4.78, 5) is 23.3. The van der Waals surface area contributed by atoms with Gasteiger partial charge in [-0.05, 0) is 55.3 Å². The molecule has 1 aliphatic rings. The summed E-state index contributed by atoms with van der Waals surface area (Å²) < 4.78 is 20.7. The van der Waals surface area contributed by atoms with Crippen LogP contribution in [0, 0.1) is 12.7 Å². The number of amides is 1. The van der Waals surface area contributed by atoms with Crippen molar-refractivity contribution in [3.05, 3.63) is 83.3 Å². The van der Waals surface area contributed by atoms with E-state index in [9.17, 15) is 9.18 Å². The standard InChI is InChI=1S/C24H24FN5O2.C2H6/c1-4-26-24-28-20(23(31)30(24)14-17-5-8-19(25)9-6-17)11-18-7-10-21(22(12-18)32-3)29-13-16(2)27-15-29;1-2/h5-13,15H,4,14H2,1-3H3,(H,26,28);1-2H3/b20-11-;. The summed E-state index contributed by atoms with van der Waals surface area (Å²) in [6.07, 6.45) is 5.41. The van der Waals surface area contributed by atoms with Crippen molar-refractivity contribution in [1.29, 1.82) is 0 Å². The lowest BCUT2D eigenvalue weighted by Crippen LogP contribution is -2.32. The Morgan fingerprint density at radius 1 is 1.18 bits per heavy atom. The lowest BCUT2D eigenvalue weighted by molar-refractivity contribution is -0.122. The Morgan fingerprint density at radius 3 is 2.53 bits per heavy atom. The summed E-state index contributed by atoms with van der Waals surface area (Å²) in [6, 6.07) is 11.8. The molecule has 178 valence electrons. The zero-order valence-corrected chi connectivity index (χ0v) is 20.2. The minimum Gasteiger partial charge on any atom is -0.495 e. The van der Waals surface area contributed by atoms with Gasteiger partial charge >= 0.3 is 0 Å². The number of guanidine groups is 1. The highest BCUT2D eigenvalue weighted by Crippen LogP contribution is 2.26. The number of aromatic nitrogens is 2. The summed E-state index contributed by atoms with van der Waals surface area (Å²) in [7, 11) is 1.61. The maximum atomic E-state index is 13.2. The van der Waals surface area contributed by atoms with E-state index in [0.29, 0.717) is 30.5 Å².